The molecule has 0 aliphatic carbocycles. The lowest BCUT2D eigenvalue weighted by atomic mass is 10.1. The van der Waals surface area contributed by atoms with Crippen molar-refractivity contribution in [2.45, 2.75) is 19.9 Å². The second-order valence-electron chi connectivity index (χ2n) is 7.24. The van der Waals surface area contributed by atoms with Crippen molar-refractivity contribution >= 4 is 18.0 Å². The predicted molar refractivity (Wildman–Crippen MR) is 113 cm³/mol. The fraction of sp³-hybridized carbons (Fsp3) is 0.174. The van der Waals surface area contributed by atoms with Crippen LogP contribution in [0.15, 0.2) is 60.7 Å². The van der Waals surface area contributed by atoms with E-state index in [1.165, 1.54) is 12.1 Å². The molecule has 158 valence electrons. The molecule has 1 saturated heterocycles. The number of methoxy groups -OCH3 is 1. The number of nitrogens with one attached hydrogen (secondary N) is 1. The third-order valence-corrected chi connectivity index (χ3v) is 5.15. The molecule has 1 aromatic heterocycles. The molecule has 1 N–H and O–H groups in total. The minimum atomic E-state index is -0.541. The lowest BCUT2D eigenvalue weighted by molar-refractivity contribution is -0.124. The summed E-state index contributed by atoms with van der Waals surface area (Å²) in [7, 11) is 1.56. The summed E-state index contributed by atoms with van der Waals surface area (Å²) in [5.74, 6) is -0.229. The summed E-state index contributed by atoms with van der Waals surface area (Å²) in [6, 6.07) is 10.1. The largest absolute Gasteiger partial charge is 0.495 e. The molecule has 2 aromatic carbocycles. The van der Waals surface area contributed by atoms with E-state index in [9.17, 15) is 14.0 Å². The number of aryl methyl sites for hydroxylation is 1. The maximum absolute atomic E-state index is 13.2. The van der Waals surface area contributed by atoms with Gasteiger partial charge in [-0.25, -0.2) is 14.2 Å². The van der Waals surface area contributed by atoms with Gasteiger partial charge in [0.15, 0.2) is 0 Å². The number of halogens is 1. The summed E-state index contributed by atoms with van der Waals surface area (Å²) < 4.78 is 20.5. The van der Waals surface area contributed by atoms with Crippen LogP contribution in [0.4, 0.5) is 9.18 Å². The molecule has 2 heterocycles. The van der Waals surface area contributed by atoms with E-state index in [0.29, 0.717) is 16.9 Å². The average molecular weight is 420 g/mol. The molecule has 1 fully saturated rings. The van der Waals surface area contributed by atoms with Crippen LogP contribution in [0.1, 0.15) is 29.8 Å². The number of hydrogen-bond donors (Lipinski definition) is 1. The van der Waals surface area contributed by atoms with E-state index < -0.39 is 18.0 Å². The van der Waals surface area contributed by atoms with Gasteiger partial charge in [-0.05, 0) is 55.3 Å². The zero-order chi connectivity index (χ0) is 22.1. The number of rotatable bonds is 5. The van der Waals surface area contributed by atoms with Crippen LogP contribution in [0.25, 0.3) is 11.8 Å². The number of carbonyl (C=O) groups is 2. The van der Waals surface area contributed by atoms with Gasteiger partial charge in [-0.2, -0.15) is 0 Å². The SMILES string of the molecule is COc1cc(/C=C2\NC(=O)N([C@H](C)c3ccc(F)cc3)C2=O)ccc1-n1cnc(C)c1. The molecule has 7 nitrogen and oxygen atoms in total. The molecule has 3 aromatic rings. The Labute approximate surface area is 178 Å². The molecule has 8 heteroatoms. The van der Waals surface area contributed by atoms with E-state index in [-0.39, 0.29) is 11.5 Å². The van der Waals surface area contributed by atoms with Gasteiger partial charge in [0.2, 0.25) is 0 Å². The number of amides is 3. The fourth-order valence-corrected chi connectivity index (χ4v) is 3.51. The Balaban J connectivity index is 1.61. The third-order valence-electron chi connectivity index (χ3n) is 5.15. The summed E-state index contributed by atoms with van der Waals surface area (Å²) in [6.45, 7) is 3.62. The Kier molecular flexibility index (Phi) is 5.29. The Morgan fingerprint density at radius 1 is 1.16 bits per heavy atom. The topological polar surface area (TPSA) is 76.5 Å². The van der Waals surface area contributed by atoms with Crippen LogP contribution in [-0.4, -0.2) is 33.5 Å². The van der Waals surface area contributed by atoms with Gasteiger partial charge in [0.05, 0.1) is 30.9 Å². The number of ether oxygens (including phenoxy) is 1. The lowest BCUT2D eigenvalue weighted by Gasteiger charge is -2.21. The van der Waals surface area contributed by atoms with Gasteiger partial charge in [0.1, 0.15) is 17.3 Å². The van der Waals surface area contributed by atoms with E-state index in [2.05, 4.69) is 10.3 Å². The van der Waals surface area contributed by atoms with Gasteiger partial charge in [-0.15, -0.1) is 0 Å². The number of aromatic nitrogens is 2. The normalized spacial score (nSPS) is 16.0. The van der Waals surface area contributed by atoms with Crippen molar-refractivity contribution in [3.63, 3.8) is 0 Å². The molecule has 4 rings (SSSR count). The van der Waals surface area contributed by atoms with Gasteiger partial charge in [-0.1, -0.05) is 18.2 Å². The van der Waals surface area contributed by atoms with Crippen LogP contribution in [0, 0.1) is 12.7 Å². The first-order valence-corrected chi connectivity index (χ1v) is 9.68. The highest BCUT2D eigenvalue weighted by Gasteiger charge is 2.37. The number of imide groups is 1. The molecular formula is C23H21FN4O3. The number of hydrogen-bond acceptors (Lipinski definition) is 4. The standard InChI is InChI=1S/C23H21FN4O3/c1-14-12-27(13-25-14)20-9-4-16(11-21(20)31-3)10-19-22(29)28(23(30)26-19)15(2)17-5-7-18(24)8-6-17/h4-13,15H,1-3H3,(H,26,30)/b19-10-/t15-/m1/s1. The quantitative estimate of drug-likeness (QED) is 0.500. The minimum Gasteiger partial charge on any atom is -0.495 e. The van der Waals surface area contributed by atoms with Crippen molar-refractivity contribution in [2.75, 3.05) is 7.11 Å². The molecule has 1 atom stereocenters. The van der Waals surface area contributed by atoms with Crippen molar-refractivity contribution in [1.29, 1.82) is 0 Å². The average Bonchev–Trinajstić information content (AvgIpc) is 3.30. The third kappa shape index (κ3) is 3.92. The second kappa shape index (κ2) is 8.06. The smallest absolute Gasteiger partial charge is 0.329 e. The number of imidazole rings is 1. The molecule has 1 aliphatic rings. The summed E-state index contributed by atoms with van der Waals surface area (Å²) >= 11 is 0. The minimum absolute atomic E-state index is 0.159. The monoisotopic (exact) mass is 420 g/mol. The zero-order valence-corrected chi connectivity index (χ0v) is 17.3. The summed E-state index contributed by atoms with van der Waals surface area (Å²) in [5, 5.41) is 2.62. The van der Waals surface area contributed by atoms with Gasteiger partial charge >= 0.3 is 6.03 Å². The van der Waals surface area contributed by atoms with E-state index in [0.717, 1.165) is 16.3 Å². The van der Waals surface area contributed by atoms with E-state index in [1.807, 2.05) is 29.8 Å². The van der Waals surface area contributed by atoms with Crippen molar-refractivity contribution in [2.24, 2.45) is 0 Å². The Bertz CT molecular complexity index is 1180. The summed E-state index contributed by atoms with van der Waals surface area (Å²) in [4.78, 5) is 30.7. The van der Waals surface area contributed by atoms with Gasteiger partial charge in [0, 0.05) is 6.20 Å². The molecule has 0 spiro atoms. The van der Waals surface area contributed by atoms with Crippen LogP contribution in [0.2, 0.25) is 0 Å². The number of benzene rings is 2. The van der Waals surface area contributed by atoms with Crippen LogP contribution in [0.3, 0.4) is 0 Å². The lowest BCUT2D eigenvalue weighted by Crippen LogP contribution is -2.33. The maximum atomic E-state index is 13.2. The molecule has 1 aliphatic heterocycles. The summed E-state index contributed by atoms with van der Waals surface area (Å²) in [5.41, 5.74) is 3.19. The number of carbonyl (C=O) groups excluding carboxylic acids is 2. The van der Waals surface area contributed by atoms with Crippen molar-refractivity contribution < 1.29 is 18.7 Å². The van der Waals surface area contributed by atoms with Gasteiger partial charge in [-0.3, -0.25) is 9.69 Å². The fourth-order valence-electron chi connectivity index (χ4n) is 3.51. The predicted octanol–water partition coefficient (Wildman–Crippen LogP) is 3.98. The van der Waals surface area contributed by atoms with E-state index in [1.54, 1.807) is 44.6 Å². The van der Waals surface area contributed by atoms with Crippen LogP contribution >= 0.6 is 0 Å². The Morgan fingerprint density at radius 3 is 2.55 bits per heavy atom. The molecule has 0 radical (unpaired) electrons. The van der Waals surface area contributed by atoms with Gasteiger partial charge < -0.3 is 14.6 Å². The van der Waals surface area contributed by atoms with Crippen LogP contribution in [0.5, 0.6) is 5.75 Å². The first-order chi connectivity index (χ1) is 14.9. The van der Waals surface area contributed by atoms with Crippen molar-refractivity contribution in [1.82, 2.24) is 19.8 Å². The van der Waals surface area contributed by atoms with Crippen LogP contribution < -0.4 is 10.1 Å². The molecular weight excluding hydrogens is 399 g/mol. The molecule has 3 amide bonds. The highest BCUT2D eigenvalue weighted by molar-refractivity contribution is 6.14. The van der Waals surface area contributed by atoms with E-state index >= 15 is 0 Å². The van der Waals surface area contributed by atoms with Crippen molar-refractivity contribution in [3.8, 4) is 11.4 Å². The molecule has 0 unspecified atom stereocenters. The first-order valence-electron chi connectivity index (χ1n) is 9.68. The number of urea groups is 1. The highest BCUT2D eigenvalue weighted by atomic mass is 19.1. The molecule has 31 heavy (non-hydrogen) atoms. The summed E-state index contributed by atoms with van der Waals surface area (Å²) in [6.07, 6.45) is 5.18. The first kappa shape index (κ1) is 20.3. The second-order valence-corrected chi connectivity index (χ2v) is 7.24. The van der Waals surface area contributed by atoms with Crippen LogP contribution in [-0.2, 0) is 4.79 Å². The highest BCUT2D eigenvalue weighted by Crippen LogP contribution is 2.28. The zero-order valence-electron chi connectivity index (χ0n) is 17.3. The molecule has 0 bridgehead atoms. The molecule has 0 saturated carbocycles. The maximum Gasteiger partial charge on any atom is 0.329 e. The van der Waals surface area contributed by atoms with E-state index in [4.69, 9.17) is 4.74 Å². The van der Waals surface area contributed by atoms with Crippen molar-refractivity contribution in [3.05, 3.63) is 83.3 Å². The Morgan fingerprint density at radius 2 is 1.90 bits per heavy atom. The van der Waals surface area contributed by atoms with Gasteiger partial charge in [0.25, 0.3) is 5.91 Å². The number of nitrogens with zero attached hydrogens (tertiary/aromatic N) is 3. The Hall–Kier alpha value is -3.94.